The number of aliphatic carboxylic acids is 1. The molecule has 0 heterocycles. The van der Waals surface area contributed by atoms with Crippen LogP contribution in [0.5, 0.6) is 0 Å². The topological polar surface area (TPSA) is 40.5 Å². The maximum atomic E-state index is 13.2. The summed E-state index contributed by atoms with van der Waals surface area (Å²) < 4.78 is 50.2. The second-order valence-electron chi connectivity index (χ2n) is 3.87. The highest BCUT2D eigenvalue weighted by Crippen LogP contribution is 2.23. The van der Waals surface area contributed by atoms with Crippen molar-refractivity contribution >= 4 is 21.9 Å². The molecule has 0 aliphatic carbocycles. The van der Waals surface area contributed by atoms with Crippen LogP contribution in [0.3, 0.4) is 0 Å². The molecule has 0 radical (unpaired) electrons. The number of halogens is 5. The molecule has 0 unspecified atom stereocenters. The first kappa shape index (κ1) is 15.9. The number of nitrogens with zero attached hydrogens (tertiary/aromatic N) is 1. The molecule has 1 rings (SSSR count). The van der Waals surface area contributed by atoms with E-state index in [1.54, 1.807) is 0 Å². The van der Waals surface area contributed by atoms with Gasteiger partial charge in [0, 0.05) is 6.54 Å². The molecule has 19 heavy (non-hydrogen) atoms. The molecule has 8 heteroatoms. The van der Waals surface area contributed by atoms with Gasteiger partial charge < -0.3 is 5.11 Å². The monoisotopic (exact) mass is 343 g/mol. The molecule has 0 aliphatic heterocycles. The van der Waals surface area contributed by atoms with Crippen LogP contribution < -0.4 is 0 Å². The summed E-state index contributed by atoms with van der Waals surface area (Å²) in [6, 6.07) is 3.93. The van der Waals surface area contributed by atoms with Crippen molar-refractivity contribution in [2.45, 2.75) is 12.7 Å². The van der Waals surface area contributed by atoms with Gasteiger partial charge >= 0.3 is 12.1 Å². The maximum Gasteiger partial charge on any atom is 0.401 e. The predicted octanol–water partition coefficient (Wildman–Crippen LogP) is 3.04. The molecule has 1 aromatic carbocycles. The molecule has 1 aromatic rings. The van der Waals surface area contributed by atoms with Gasteiger partial charge in [0.05, 0.1) is 17.6 Å². The molecule has 0 spiro atoms. The first-order chi connectivity index (χ1) is 8.69. The van der Waals surface area contributed by atoms with Crippen molar-refractivity contribution in [2.75, 3.05) is 13.1 Å². The van der Waals surface area contributed by atoms with Crippen LogP contribution in [0.4, 0.5) is 17.6 Å². The minimum atomic E-state index is -4.52. The van der Waals surface area contributed by atoms with Gasteiger partial charge in [-0.25, -0.2) is 4.39 Å². The first-order valence-corrected chi connectivity index (χ1v) is 5.92. The molecule has 1 N–H and O–H groups in total. The highest BCUT2D eigenvalue weighted by atomic mass is 79.9. The Morgan fingerprint density at radius 2 is 2.00 bits per heavy atom. The lowest BCUT2D eigenvalue weighted by Gasteiger charge is -2.22. The maximum absolute atomic E-state index is 13.2. The molecule has 0 saturated carbocycles. The Kier molecular flexibility index (Phi) is 5.30. The van der Waals surface area contributed by atoms with Crippen molar-refractivity contribution in [2.24, 2.45) is 0 Å². The Labute approximate surface area is 115 Å². The van der Waals surface area contributed by atoms with Crippen LogP contribution in [0.15, 0.2) is 22.7 Å². The number of carboxylic acid groups (broad SMARTS) is 1. The number of hydrogen-bond acceptors (Lipinski definition) is 2. The van der Waals surface area contributed by atoms with E-state index in [2.05, 4.69) is 15.9 Å². The van der Waals surface area contributed by atoms with E-state index in [0.29, 0.717) is 4.90 Å². The molecule has 0 aliphatic rings. The third-order valence-corrected chi connectivity index (χ3v) is 3.08. The van der Waals surface area contributed by atoms with E-state index in [-0.39, 0.29) is 16.6 Å². The Bertz CT molecular complexity index is 464. The Morgan fingerprint density at radius 1 is 1.37 bits per heavy atom. The number of alkyl halides is 3. The zero-order valence-corrected chi connectivity index (χ0v) is 11.1. The molecule has 0 saturated heterocycles. The number of benzene rings is 1. The highest BCUT2D eigenvalue weighted by molar-refractivity contribution is 9.10. The van der Waals surface area contributed by atoms with Crippen molar-refractivity contribution in [1.29, 1.82) is 0 Å². The summed E-state index contributed by atoms with van der Waals surface area (Å²) in [4.78, 5) is 11.2. The quantitative estimate of drug-likeness (QED) is 0.835. The van der Waals surface area contributed by atoms with E-state index in [9.17, 15) is 22.4 Å². The number of rotatable bonds is 5. The van der Waals surface area contributed by atoms with Gasteiger partial charge in [0.15, 0.2) is 0 Å². The first-order valence-electron chi connectivity index (χ1n) is 5.13. The third-order valence-electron chi connectivity index (χ3n) is 2.19. The summed E-state index contributed by atoms with van der Waals surface area (Å²) in [5.74, 6) is -1.99. The summed E-state index contributed by atoms with van der Waals surface area (Å²) in [7, 11) is 0. The van der Waals surface area contributed by atoms with E-state index in [0.717, 1.165) is 6.07 Å². The van der Waals surface area contributed by atoms with Gasteiger partial charge in [0.2, 0.25) is 0 Å². The zero-order chi connectivity index (χ0) is 14.6. The van der Waals surface area contributed by atoms with E-state index in [1.165, 1.54) is 12.1 Å². The SMILES string of the molecule is O=C(O)CN(Cc1cccc(F)c1Br)CC(F)(F)F. The Morgan fingerprint density at radius 3 is 2.53 bits per heavy atom. The average Bonchev–Trinajstić information content (AvgIpc) is 2.21. The van der Waals surface area contributed by atoms with Crippen LogP contribution >= 0.6 is 15.9 Å². The molecule has 106 valence electrons. The van der Waals surface area contributed by atoms with Gasteiger partial charge in [-0.3, -0.25) is 9.69 Å². The van der Waals surface area contributed by atoms with E-state index in [4.69, 9.17) is 5.11 Å². The number of carbonyl (C=O) groups is 1. The largest absolute Gasteiger partial charge is 0.480 e. The summed E-state index contributed by atoms with van der Waals surface area (Å²) in [5.41, 5.74) is 0.255. The fraction of sp³-hybridized carbons (Fsp3) is 0.364. The van der Waals surface area contributed by atoms with Crippen LogP contribution in [-0.2, 0) is 11.3 Å². The minimum Gasteiger partial charge on any atom is -0.480 e. The van der Waals surface area contributed by atoms with Gasteiger partial charge in [-0.05, 0) is 27.6 Å². The molecular formula is C11H10BrF4NO2. The summed E-state index contributed by atoms with van der Waals surface area (Å²) in [6.07, 6.45) is -4.52. The van der Waals surface area contributed by atoms with Crippen molar-refractivity contribution in [1.82, 2.24) is 4.90 Å². The molecule has 0 bridgehead atoms. The lowest BCUT2D eigenvalue weighted by atomic mass is 10.2. The number of hydrogen-bond donors (Lipinski definition) is 1. The van der Waals surface area contributed by atoms with E-state index in [1.807, 2.05) is 0 Å². The summed E-state index contributed by atoms with van der Waals surface area (Å²) >= 11 is 2.92. The van der Waals surface area contributed by atoms with Gasteiger partial charge in [0.25, 0.3) is 0 Å². The van der Waals surface area contributed by atoms with Gasteiger partial charge in [-0.1, -0.05) is 12.1 Å². The van der Waals surface area contributed by atoms with E-state index < -0.39 is 31.1 Å². The molecule has 0 fully saturated rings. The number of carboxylic acids is 1. The van der Waals surface area contributed by atoms with Gasteiger partial charge in [0.1, 0.15) is 5.82 Å². The van der Waals surface area contributed by atoms with Gasteiger partial charge in [-0.2, -0.15) is 13.2 Å². The lowest BCUT2D eigenvalue weighted by Crippen LogP contribution is -2.37. The van der Waals surface area contributed by atoms with Crippen LogP contribution in [0.25, 0.3) is 0 Å². The van der Waals surface area contributed by atoms with Crippen molar-refractivity contribution in [3.05, 3.63) is 34.1 Å². The molecule has 0 amide bonds. The summed E-state index contributed by atoms with van der Waals surface area (Å²) in [6.45, 7) is -2.46. The Balaban J connectivity index is 2.87. The van der Waals surface area contributed by atoms with E-state index >= 15 is 0 Å². The smallest absolute Gasteiger partial charge is 0.401 e. The fourth-order valence-corrected chi connectivity index (χ4v) is 1.91. The van der Waals surface area contributed by atoms with Crippen LogP contribution in [0.1, 0.15) is 5.56 Å². The van der Waals surface area contributed by atoms with Crippen LogP contribution in [0, 0.1) is 5.82 Å². The minimum absolute atomic E-state index is 0.0348. The average molecular weight is 344 g/mol. The molecule has 3 nitrogen and oxygen atoms in total. The molecule has 0 aromatic heterocycles. The normalized spacial score (nSPS) is 11.9. The van der Waals surface area contributed by atoms with Crippen molar-refractivity contribution in [3.63, 3.8) is 0 Å². The summed E-state index contributed by atoms with van der Waals surface area (Å²) in [5, 5.41) is 8.59. The van der Waals surface area contributed by atoms with Crippen LogP contribution in [-0.4, -0.2) is 35.2 Å². The second-order valence-corrected chi connectivity index (χ2v) is 4.66. The van der Waals surface area contributed by atoms with Crippen molar-refractivity contribution in [3.8, 4) is 0 Å². The second kappa shape index (κ2) is 6.33. The van der Waals surface area contributed by atoms with Crippen molar-refractivity contribution < 1.29 is 27.5 Å². The third kappa shape index (κ3) is 5.56. The lowest BCUT2D eigenvalue weighted by molar-refractivity contribution is -0.154. The van der Waals surface area contributed by atoms with Crippen LogP contribution in [0.2, 0.25) is 0 Å². The zero-order valence-electron chi connectivity index (χ0n) is 9.55. The highest BCUT2D eigenvalue weighted by Gasteiger charge is 2.31. The predicted molar refractivity (Wildman–Crippen MR) is 63.1 cm³/mol. The molecule has 0 atom stereocenters. The fourth-order valence-electron chi connectivity index (χ4n) is 1.52. The van der Waals surface area contributed by atoms with Gasteiger partial charge in [-0.15, -0.1) is 0 Å². The molecular weight excluding hydrogens is 334 g/mol. The standard InChI is InChI=1S/C11H10BrF4NO2/c12-10-7(2-1-3-8(10)13)4-17(5-9(18)19)6-11(14,15)16/h1-3H,4-6H2,(H,18,19). The Hall–Kier alpha value is -1.15.